The van der Waals surface area contributed by atoms with Gasteiger partial charge in [-0.05, 0) is 18.4 Å². The van der Waals surface area contributed by atoms with Crippen LogP contribution in [0.15, 0.2) is 0 Å². The first-order chi connectivity index (χ1) is 9.86. The van der Waals surface area contributed by atoms with E-state index in [0.29, 0.717) is 12.2 Å². The molecule has 5 N–H and O–H groups in total. The molecule has 9 nitrogen and oxygen atoms in total. The highest BCUT2D eigenvalue weighted by atomic mass is 32.2. The van der Waals surface area contributed by atoms with Crippen LogP contribution >= 0.6 is 11.8 Å². The standard InChI is InChI=1S/C11H18N4O5S/c1-21-3-2-6(14-11(12)20)9(17)15-5-8(16)13-4-7(15)10(18)19/h6-7H,2-5H2,1H3,(H,13,16)(H,18,19)(H3,12,14,20). The molecule has 1 aliphatic rings. The van der Waals surface area contributed by atoms with Crippen molar-refractivity contribution in [3.63, 3.8) is 0 Å². The molecule has 10 heteroatoms. The van der Waals surface area contributed by atoms with Gasteiger partial charge in [-0.25, -0.2) is 9.59 Å². The second kappa shape index (κ2) is 7.72. The average Bonchev–Trinajstić information content (AvgIpc) is 2.41. The van der Waals surface area contributed by atoms with E-state index in [1.807, 2.05) is 6.26 Å². The molecule has 0 saturated carbocycles. The molecule has 2 atom stereocenters. The van der Waals surface area contributed by atoms with Crippen LogP contribution in [0.3, 0.4) is 0 Å². The van der Waals surface area contributed by atoms with Gasteiger partial charge >= 0.3 is 12.0 Å². The topological polar surface area (TPSA) is 142 Å². The van der Waals surface area contributed by atoms with Gasteiger partial charge in [-0.2, -0.15) is 11.8 Å². The summed E-state index contributed by atoms with van der Waals surface area (Å²) in [5.74, 6) is -1.70. The number of carboxylic acid groups (broad SMARTS) is 1. The molecule has 0 aromatic heterocycles. The van der Waals surface area contributed by atoms with Crippen LogP contribution in [-0.4, -0.2) is 71.0 Å². The fourth-order valence-corrected chi connectivity index (χ4v) is 2.43. The maximum absolute atomic E-state index is 12.4. The fourth-order valence-electron chi connectivity index (χ4n) is 1.96. The summed E-state index contributed by atoms with van der Waals surface area (Å²) in [5.41, 5.74) is 5.03. The number of thioether (sulfide) groups is 1. The van der Waals surface area contributed by atoms with E-state index >= 15 is 0 Å². The molecule has 1 heterocycles. The van der Waals surface area contributed by atoms with Gasteiger partial charge in [0.2, 0.25) is 11.8 Å². The molecule has 1 rings (SSSR count). The number of urea groups is 1. The smallest absolute Gasteiger partial charge is 0.328 e. The Labute approximate surface area is 125 Å². The molecule has 2 unspecified atom stereocenters. The highest BCUT2D eigenvalue weighted by molar-refractivity contribution is 7.98. The Morgan fingerprint density at radius 1 is 1.57 bits per heavy atom. The molecular weight excluding hydrogens is 300 g/mol. The molecule has 4 amide bonds. The Morgan fingerprint density at radius 2 is 2.24 bits per heavy atom. The van der Waals surface area contributed by atoms with Gasteiger partial charge in [0.1, 0.15) is 18.6 Å². The zero-order valence-corrected chi connectivity index (χ0v) is 12.3. The summed E-state index contributed by atoms with van der Waals surface area (Å²) in [4.78, 5) is 46.9. The van der Waals surface area contributed by atoms with E-state index in [9.17, 15) is 19.2 Å². The number of rotatable bonds is 6. The zero-order valence-electron chi connectivity index (χ0n) is 11.5. The summed E-state index contributed by atoms with van der Waals surface area (Å²) in [5, 5.41) is 13.8. The van der Waals surface area contributed by atoms with E-state index in [0.717, 1.165) is 4.90 Å². The number of carboxylic acids is 1. The molecule has 0 spiro atoms. The minimum absolute atomic E-state index is 0.161. The van der Waals surface area contributed by atoms with Crippen molar-refractivity contribution in [3.05, 3.63) is 0 Å². The zero-order chi connectivity index (χ0) is 16.0. The molecule has 0 radical (unpaired) electrons. The predicted octanol–water partition coefficient (Wildman–Crippen LogP) is -1.81. The van der Waals surface area contributed by atoms with Gasteiger partial charge < -0.3 is 26.4 Å². The third-order valence-corrected chi connectivity index (χ3v) is 3.62. The quantitative estimate of drug-likeness (QED) is 0.454. The van der Waals surface area contributed by atoms with Gasteiger partial charge in [-0.1, -0.05) is 0 Å². The molecule has 1 aliphatic heterocycles. The summed E-state index contributed by atoms with van der Waals surface area (Å²) in [6.45, 7) is -0.516. The summed E-state index contributed by atoms with van der Waals surface area (Å²) in [6, 6.07) is -2.97. The number of nitrogens with one attached hydrogen (secondary N) is 2. The van der Waals surface area contributed by atoms with Crippen molar-refractivity contribution in [1.82, 2.24) is 15.5 Å². The Bertz CT molecular complexity index is 444. The Kier molecular flexibility index (Phi) is 6.28. The minimum atomic E-state index is -1.22. The summed E-state index contributed by atoms with van der Waals surface area (Å²) in [7, 11) is 0. The van der Waals surface area contributed by atoms with Gasteiger partial charge in [0, 0.05) is 6.54 Å². The maximum Gasteiger partial charge on any atom is 0.328 e. The molecule has 21 heavy (non-hydrogen) atoms. The number of carbonyl (C=O) groups is 4. The van der Waals surface area contributed by atoms with Crippen molar-refractivity contribution in [1.29, 1.82) is 0 Å². The Morgan fingerprint density at radius 3 is 2.76 bits per heavy atom. The molecule has 118 valence electrons. The van der Waals surface area contributed by atoms with Crippen LogP contribution < -0.4 is 16.4 Å². The summed E-state index contributed by atoms with van der Waals surface area (Å²) >= 11 is 1.47. The molecule has 0 aromatic rings. The first kappa shape index (κ1) is 17.1. The highest BCUT2D eigenvalue weighted by Gasteiger charge is 2.38. The number of hydrogen-bond donors (Lipinski definition) is 4. The van der Waals surface area contributed by atoms with Crippen LogP contribution in [0.4, 0.5) is 4.79 Å². The molecule has 0 aliphatic carbocycles. The van der Waals surface area contributed by atoms with E-state index in [4.69, 9.17) is 10.8 Å². The van der Waals surface area contributed by atoms with Gasteiger partial charge in [-0.15, -0.1) is 0 Å². The molecule has 1 fully saturated rings. The third kappa shape index (κ3) is 4.81. The van der Waals surface area contributed by atoms with Gasteiger partial charge in [-0.3, -0.25) is 9.59 Å². The second-order valence-electron chi connectivity index (χ2n) is 4.47. The summed E-state index contributed by atoms with van der Waals surface area (Å²) in [6.07, 6.45) is 2.13. The highest BCUT2D eigenvalue weighted by Crippen LogP contribution is 2.10. The van der Waals surface area contributed by atoms with Crippen LogP contribution in [0.1, 0.15) is 6.42 Å². The van der Waals surface area contributed by atoms with E-state index in [2.05, 4.69) is 10.6 Å². The first-order valence-electron chi connectivity index (χ1n) is 6.21. The van der Waals surface area contributed by atoms with Crippen molar-refractivity contribution in [3.8, 4) is 0 Å². The predicted molar refractivity (Wildman–Crippen MR) is 75.7 cm³/mol. The maximum atomic E-state index is 12.4. The summed E-state index contributed by atoms with van der Waals surface area (Å²) < 4.78 is 0. The number of primary amides is 1. The molecular formula is C11H18N4O5S. The van der Waals surface area contributed by atoms with Gasteiger partial charge in [0.15, 0.2) is 0 Å². The second-order valence-corrected chi connectivity index (χ2v) is 5.45. The first-order valence-corrected chi connectivity index (χ1v) is 7.61. The van der Waals surface area contributed by atoms with Crippen molar-refractivity contribution in [2.45, 2.75) is 18.5 Å². The van der Waals surface area contributed by atoms with Crippen molar-refractivity contribution in [2.75, 3.05) is 25.1 Å². The SMILES string of the molecule is CSCCC(NC(N)=O)C(=O)N1CC(=O)NCC1C(=O)O. The number of amides is 4. The van der Waals surface area contributed by atoms with Crippen molar-refractivity contribution >= 4 is 35.6 Å². The fraction of sp³-hybridized carbons (Fsp3) is 0.636. The van der Waals surface area contributed by atoms with Gasteiger partial charge in [0.25, 0.3) is 0 Å². The lowest BCUT2D eigenvalue weighted by Crippen LogP contribution is -2.63. The van der Waals surface area contributed by atoms with Crippen LogP contribution in [0.5, 0.6) is 0 Å². The van der Waals surface area contributed by atoms with Crippen LogP contribution in [0.25, 0.3) is 0 Å². The van der Waals surface area contributed by atoms with Crippen LogP contribution in [0.2, 0.25) is 0 Å². The lowest BCUT2D eigenvalue weighted by atomic mass is 10.1. The number of carbonyl (C=O) groups excluding carboxylic acids is 3. The largest absolute Gasteiger partial charge is 0.480 e. The van der Waals surface area contributed by atoms with Crippen molar-refractivity contribution < 1.29 is 24.3 Å². The normalized spacial score (nSPS) is 19.6. The number of piperazine rings is 1. The minimum Gasteiger partial charge on any atom is -0.480 e. The molecule has 0 aromatic carbocycles. The lowest BCUT2D eigenvalue weighted by Gasteiger charge is -2.35. The lowest BCUT2D eigenvalue weighted by molar-refractivity contribution is -0.154. The van der Waals surface area contributed by atoms with E-state index in [1.165, 1.54) is 11.8 Å². The number of hydrogen-bond acceptors (Lipinski definition) is 5. The average molecular weight is 318 g/mol. The molecule has 1 saturated heterocycles. The van der Waals surface area contributed by atoms with E-state index in [-0.39, 0.29) is 13.1 Å². The van der Waals surface area contributed by atoms with E-state index in [1.54, 1.807) is 0 Å². The Hall–Kier alpha value is -1.97. The van der Waals surface area contributed by atoms with Gasteiger partial charge in [0.05, 0.1) is 0 Å². The van der Waals surface area contributed by atoms with Crippen molar-refractivity contribution in [2.24, 2.45) is 5.73 Å². The van der Waals surface area contributed by atoms with E-state index < -0.39 is 35.9 Å². The monoisotopic (exact) mass is 318 g/mol. The molecule has 0 bridgehead atoms. The van der Waals surface area contributed by atoms with Crippen LogP contribution in [0, 0.1) is 0 Å². The third-order valence-electron chi connectivity index (χ3n) is 2.98. The Balaban J connectivity index is 2.88. The number of aliphatic carboxylic acids is 1. The number of nitrogens with zero attached hydrogens (tertiary/aromatic N) is 1. The number of nitrogens with two attached hydrogens (primary N) is 1. The van der Waals surface area contributed by atoms with Crippen LogP contribution in [-0.2, 0) is 14.4 Å².